The molecule has 0 aromatic rings. The maximum Gasteiger partial charge on any atom is 0.213 e. The van der Waals surface area contributed by atoms with E-state index in [1.807, 2.05) is 11.2 Å². The zero-order chi connectivity index (χ0) is 8.10. The van der Waals surface area contributed by atoms with E-state index in [0.29, 0.717) is 12.5 Å². The smallest absolute Gasteiger partial charge is 0.213 e. The second-order valence-electron chi connectivity index (χ2n) is 3.07. The van der Waals surface area contributed by atoms with Crippen LogP contribution in [-0.4, -0.2) is 42.5 Å². The van der Waals surface area contributed by atoms with E-state index in [1.165, 1.54) is 0 Å². The third-order valence-electron chi connectivity index (χ3n) is 2.15. The predicted molar refractivity (Wildman–Crippen MR) is 41.9 cm³/mol. The fraction of sp³-hybridized carbons (Fsp3) is 0.875. The summed E-state index contributed by atoms with van der Waals surface area (Å²) < 4.78 is 0. The Labute approximate surface area is 67.0 Å². The molecule has 1 rings (SSSR count). The van der Waals surface area contributed by atoms with Gasteiger partial charge in [0.15, 0.2) is 0 Å². The van der Waals surface area contributed by atoms with Gasteiger partial charge >= 0.3 is 0 Å². The van der Waals surface area contributed by atoms with Crippen LogP contribution in [0.2, 0.25) is 0 Å². The summed E-state index contributed by atoms with van der Waals surface area (Å²) in [6.45, 7) is 2.48. The number of aliphatic hydroxyl groups excluding tert-OH is 1. The minimum atomic E-state index is 0.245. The van der Waals surface area contributed by atoms with Gasteiger partial charge in [-0.25, -0.2) is 0 Å². The van der Waals surface area contributed by atoms with E-state index < -0.39 is 0 Å². The third kappa shape index (κ3) is 2.60. The molecule has 11 heavy (non-hydrogen) atoms. The first-order valence-corrected chi connectivity index (χ1v) is 4.05. The lowest BCUT2D eigenvalue weighted by Crippen LogP contribution is -2.37. The molecule has 1 aliphatic rings. The summed E-state index contributed by atoms with van der Waals surface area (Å²) in [7, 11) is 0. The zero-order valence-corrected chi connectivity index (χ0v) is 6.62. The van der Waals surface area contributed by atoms with Crippen LogP contribution in [0.25, 0.3) is 0 Å². The molecule has 0 aliphatic carbocycles. The normalized spacial score (nSPS) is 26.8. The maximum absolute atomic E-state index is 10.0. The van der Waals surface area contributed by atoms with E-state index in [9.17, 15) is 4.79 Å². The Morgan fingerprint density at radius 1 is 1.64 bits per heavy atom. The number of aliphatic hydroxyl groups is 1. The molecule has 1 fully saturated rings. The van der Waals surface area contributed by atoms with Crippen LogP contribution >= 0.6 is 0 Å². The molecular weight excluding hydrogens is 142 g/mol. The van der Waals surface area contributed by atoms with Crippen LogP contribution in [0.15, 0.2) is 0 Å². The molecule has 1 unspecified atom stereocenters. The first kappa shape index (κ1) is 8.68. The molecule has 1 atom stereocenters. The van der Waals surface area contributed by atoms with Crippen LogP contribution in [0.1, 0.15) is 12.8 Å². The quantitative estimate of drug-likeness (QED) is 0.615. The Hall–Kier alpha value is -0.410. The van der Waals surface area contributed by atoms with Crippen molar-refractivity contribution in [3.8, 4) is 0 Å². The predicted octanol–water partition coefficient (Wildman–Crippen LogP) is -0.200. The summed E-state index contributed by atoms with van der Waals surface area (Å²) in [4.78, 5) is 12.1. The molecular formula is C8H14NO2. The van der Waals surface area contributed by atoms with Gasteiger partial charge in [-0.3, -0.25) is 9.69 Å². The summed E-state index contributed by atoms with van der Waals surface area (Å²) in [6.07, 6.45) is 4.06. The molecule has 1 heterocycles. The molecule has 0 aromatic heterocycles. The van der Waals surface area contributed by atoms with E-state index in [-0.39, 0.29) is 6.61 Å². The topological polar surface area (TPSA) is 40.5 Å². The van der Waals surface area contributed by atoms with Gasteiger partial charge in [0.2, 0.25) is 6.29 Å². The fourth-order valence-electron chi connectivity index (χ4n) is 1.54. The van der Waals surface area contributed by atoms with E-state index in [2.05, 4.69) is 0 Å². The van der Waals surface area contributed by atoms with Crippen molar-refractivity contribution in [2.75, 3.05) is 26.2 Å². The van der Waals surface area contributed by atoms with E-state index in [1.54, 1.807) is 0 Å². The summed E-state index contributed by atoms with van der Waals surface area (Å²) in [5.41, 5.74) is 0. The molecule has 1 N–H and O–H groups in total. The van der Waals surface area contributed by atoms with Gasteiger partial charge in [0, 0.05) is 13.2 Å². The number of hydrogen-bond acceptors (Lipinski definition) is 3. The second kappa shape index (κ2) is 4.46. The molecule has 3 heteroatoms. The van der Waals surface area contributed by atoms with Gasteiger partial charge in [-0.15, -0.1) is 0 Å². The van der Waals surface area contributed by atoms with Crippen LogP contribution < -0.4 is 0 Å². The van der Waals surface area contributed by atoms with Crippen molar-refractivity contribution in [3.63, 3.8) is 0 Å². The van der Waals surface area contributed by atoms with Crippen LogP contribution in [-0.2, 0) is 4.79 Å². The second-order valence-corrected chi connectivity index (χ2v) is 3.07. The van der Waals surface area contributed by atoms with E-state index in [0.717, 1.165) is 25.9 Å². The lowest BCUT2D eigenvalue weighted by Gasteiger charge is -2.29. The molecule has 0 saturated carbocycles. The summed E-state index contributed by atoms with van der Waals surface area (Å²) >= 11 is 0. The van der Waals surface area contributed by atoms with E-state index in [4.69, 9.17) is 5.11 Å². The molecule has 3 nitrogen and oxygen atoms in total. The van der Waals surface area contributed by atoms with Crippen LogP contribution in [0, 0.1) is 5.92 Å². The minimum absolute atomic E-state index is 0.245. The monoisotopic (exact) mass is 156 g/mol. The van der Waals surface area contributed by atoms with Crippen LogP contribution in [0.5, 0.6) is 0 Å². The van der Waals surface area contributed by atoms with Crippen LogP contribution in [0.3, 0.4) is 0 Å². The minimum Gasteiger partial charge on any atom is -0.396 e. The Kier molecular flexibility index (Phi) is 3.52. The van der Waals surface area contributed by atoms with Crippen molar-refractivity contribution in [1.29, 1.82) is 0 Å². The Morgan fingerprint density at radius 2 is 2.45 bits per heavy atom. The first-order valence-electron chi connectivity index (χ1n) is 4.05. The number of carbonyl (C=O) groups excluding carboxylic acids is 1. The highest BCUT2D eigenvalue weighted by atomic mass is 16.3. The SMILES string of the molecule is O=[C]CN1CCCC(CO)C1. The first-order chi connectivity index (χ1) is 5.36. The van der Waals surface area contributed by atoms with E-state index >= 15 is 0 Å². The largest absolute Gasteiger partial charge is 0.396 e. The van der Waals surface area contributed by atoms with Gasteiger partial charge < -0.3 is 5.11 Å². The average molecular weight is 156 g/mol. The maximum atomic E-state index is 10.0. The number of rotatable bonds is 3. The molecule has 0 spiro atoms. The lowest BCUT2D eigenvalue weighted by molar-refractivity contribution is 0.131. The van der Waals surface area contributed by atoms with Gasteiger partial charge in [0.1, 0.15) is 0 Å². The number of piperidine rings is 1. The summed E-state index contributed by atoms with van der Waals surface area (Å²) in [6, 6.07) is 0. The third-order valence-corrected chi connectivity index (χ3v) is 2.15. The standard InChI is InChI=1S/C8H14NO2/c10-5-4-9-3-1-2-8(6-9)7-11/h8,11H,1-4,6-7H2. The molecule has 1 aliphatic heterocycles. The van der Waals surface area contributed by atoms with Gasteiger partial charge in [0.05, 0.1) is 6.54 Å². The van der Waals surface area contributed by atoms with Crippen molar-refractivity contribution < 1.29 is 9.90 Å². The lowest BCUT2D eigenvalue weighted by atomic mass is 9.99. The Balaban J connectivity index is 2.27. The zero-order valence-electron chi connectivity index (χ0n) is 6.62. The van der Waals surface area contributed by atoms with Crippen molar-refractivity contribution in [2.24, 2.45) is 5.92 Å². The van der Waals surface area contributed by atoms with Crippen molar-refractivity contribution in [2.45, 2.75) is 12.8 Å². The van der Waals surface area contributed by atoms with Gasteiger partial charge in [-0.05, 0) is 25.3 Å². The number of likely N-dealkylation sites (tertiary alicyclic amines) is 1. The molecule has 0 bridgehead atoms. The highest BCUT2D eigenvalue weighted by Crippen LogP contribution is 2.14. The van der Waals surface area contributed by atoms with Gasteiger partial charge in [-0.2, -0.15) is 0 Å². The van der Waals surface area contributed by atoms with Crippen molar-refractivity contribution in [1.82, 2.24) is 4.90 Å². The van der Waals surface area contributed by atoms with Crippen molar-refractivity contribution in [3.05, 3.63) is 0 Å². The number of nitrogens with zero attached hydrogens (tertiary/aromatic N) is 1. The molecule has 1 radical (unpaired) electrons. The Bertz CT molecular complexity index is 127. The van der Waals surface area contributed by atoms with Crippen LogP contribution in [0.4, 0.5) is 0 Å². The highest BCUT2D eigenvalue weighted by Gasteiger charge is 2.18. The molecule has 63 valence electrons. The van der Waals surface area contributed by atoms with Gasteiger partial charge in [-0.1, -0.05) is 0 Å². The van der Waals surface area contributed by atoms with Gasteiger partial charge in [0.25, 0.3) is 0 Å². The summed E-state index contributed by atoms with van der Waals surface area (Å²) in [5, 5.41) is 8.85. The van der Waals surface area contributed by atoms with Crippen molar-refractivity contribution >= 4 is 6.29 Å². The Morgan fingerprint density at radius 3 is 3.09 bits per heavy atom. The molecule has 1 saturated heterocycles. The number of hydrogen-bond donors (Lipinski definition) is 1. The molecule has 0 aromatic carbocycles. The average Bonchev–Trinajstić information content (AvgIpc) is 2.06. The summed E-state index contributed by atoms with van der Waals surface area (Å²) in [5.74, 6) is 0.372. The molecule has 0 amide bonds. The highest BCUT2D eigenvalue weighted by molar-refractivity contribution is 5.53. The fourth-order valence-corrected chi connectivity index (χ4v) is 1.54.